The second kappa shape index (κ2) is 3.62. The highest BCUT2D eigenvalue weighted by atomic mass is 15.5. The molecule has 0 bridgehead atoms. The summed E-state index contributed by atoms with van der Waals surface area (Å²) in [7, 11) is 4.11. The Balaban J connectivity index is 2.34. The first-order chi connectivity index (χ1) is 7.10. The first kappa shape index (κ1) is 10.7. The van der Waals surface area contributed by atoms with Gasteiger partial charge >= 0.3 is 0 Å². The molecule has 1 saturated carbocycles. The predicted molar refractivity (Wildman–Crippen MR) is 63.7 cm³/mol. The normalized spacial score (nSPS) is 18.2. The zero-order chi connectivity index (χ0) is 11.1. The van der Waals surface area contributed by atoms with E-state index in [1.54, 1.807) is 0 Å². The van der Waals surface area contributed by atoms with Crippen molar-refractivity contribution in [2.75, 3.05) is 14.1 Å². The van der Waals surface area contributed by atoms with Crippen molar-refractivity contribution in [3.05, 3.63) is 34.9 Å². The molecule has 0 aromatic heterocycles. The van der Waals surface area contributed by atoms with Crippen molar-refractivity contribution in [2.45, 2.75) is 32.2 Å². The quantitative estimate of drug-likeness (QED) is 0.760. The summed E-state index contributed by atoms with van der Waals surface area (Å²) in [5.41, 5.74) is 7.71. The molecular formula is C13H20N2. The lowest BCUT2D eigenvalue weighted by molar-refractivity contribution is 0.161. The summed E-state index contributed by atoms with van der Waals surface area (Å²) in [5.74, 6) is 0. The molecule has 1 fully saturated rings. The van der Waals surface area contributed by atoms with E-state index >= 15 is 0 Å². The minimum atomic E-state index is 0.257. The number of benzene rings is 1. The van der Waals surface area contributed by atoms with E-state index in [1.165, 1.54) is 29.5 Å². The van der Waals surface area contributed by atoms with Crippen LogP contribution in [0.5, 0.6) is 0 Å². The molecular weight excluding hydrogens is 184 g/mol. The molecule has 0 radical (unpaired) electrons. The van der Waals surface area contributed by atoms with Crippen LogP contribution in [0, 0.1) is 13.8 Å². The summed E-state index contributed by atoms with van der Waals surface area (Å²) in [4.78, 5) is 0. The van der Waals surface area contributed by atoms with Crippen molar-refractivity contribution < 1.29 is 0 Å². The van der Waals surface area contributed by atoms with Gasteiger partial charge in [0.2, 0.25) is 0 Å². The fourth-order valence-corrected chi connectivity index (χ4v) is 2.18. The van der Waals surface area contributed by atoms with Gasteiger partial charge in [0, 0.05) is 7.05 Å². The minimum Gasteiger partial charge on any atom is -0.258 e. The molecule has 0 aliphatic heterocycles. The average Bonchev–Trinajstić information content (AvgIpc) is 3.02. The van der Waals surface area contributed by atoms with Gasteiger partial charge in [0.15, 0.2) is 0 Å². The number of rotatable bonds is 3. The van der Waals surface area contributed by atoms with Crippen LogP contribution in [0.1, 0.15) is 29.5 Å². The Morgan fingerprint density at radius 3 is 2.33 bits per heavy atom. The second-order valence-corrected chi connectivity index (χ2v) is 4.61. The molecule has 2 heteroatoms. The van der Waals surface area contributed by atoms with Crippen molar-refractivity contribution in [1.82, 2.24) is 10.4 Å². The Morgan fingerprint density at radius 1 is 1.20 bits per heavy atom. The van der Waals surface area contributed by atoms with Crippen LogP contribution < -0.4 is 5.43 Å². The molecule has 2 rings (SSSR count). The van der Waals surface area contributed by atoms with Crippen LogP contribution in [0.15, 0.2) is 18.2 Å². The maximum Gasteiger partial charge on any atom is 0.0600 e. The van der Waals surface area contributed by atoms with Gasteiger partial charge in [0.1, 0.15) is 0 Å². The highest BCUT2D eigenvalue weighted by Gasteiger charge is 2.47. The Hall–Kier alpha value is -0.860. The topological polar surface area (TPSA) is 15.3 Å². The van der Waals surface area contributed by atoms with E-state index < -0.39 is 0 Å². The second-order valence-electron chi connectivity index (χ2n) is 4.61. The minimum absolute atomic E-state index is 0.257. The molecule has 15 heavy (non-hydrogen) atoms. The van der Waals surface area contributed by atoms with Gasteiger partial charge in [-0.1, -0.05) is 18.2 Å². The first-order valence-electron chi connectivity index (χ1n) is 5.59. The van der Waals surface area contributed by atoms with Crippen LogP contribution in [-0.4, -0.2) is 19.1 Å². The number of aryl methyl sites for hydroxylation is 2. The maximum atomic E-state index is 3.23. The Morgan fingerprint density at radius 2 is 1.87 bits per heavy atom. The SMILES string of the molecule is CNN(C)C1(c2ccc(C)c(C)c2)CC1. The van der Waals surface area contributed by atoms with Gasteiger partial charge in [-0.15, -0.1) is 0 Å². The van der Waals surface area contributed by atoms with E-state index in [1.807, 2.05) is 7.05 Å². The third-order valence-corrected chi connectivity index (χ3v) is 3.75. The van der Waals surface area contributed by atoms with Crippen molar-refractivity contribution in [2.24, 2.45) is 0 Å². The first-order valence-corrected chi connectivity index (χ1v) is 5.59. The van der Waals surface area contributed by atoms with Gasteiger partial charge in [-0.2, -0.15) is 0 Å². The molecule has 0 spiro atoms. The zero-order valence-electron chi connectivity index (χ0n) is 10.1. The number of nitrogens with zero attached hydrogens (tertiary/aromatic N) is 1. The summed E-state index contributed by atoms with van der Waals surface area (Å²) < 4.78 is 0. The Bertz CT molecular complexity index is 367. The molecule has 1 aliphatic rings. The highest BCUT2D eigenvalue weighted by molar-refractivity contribution is 5.37. The predicted octanol–water partition coefficient (Wildman–Crippen LogP) is 2.36. The lowest BCUT2D eigenvalue weighted by atomic mass is 9.99. The molecule has 0 heterocycles. The van der Waals surface area contributed by atoms with E-state index in [9.17, 15) is 0 Å². The van der Waals surface area contributed by atoms with Gasteiger partial charge < -0.3 is 0 Å². The smallest absolute Gasteiger partial charge is 0.0600 e. The summed E-state index contributed by atoms with van der Waals surface area (Å²) in [6, 6.07) is 6.83. The Kier molecular flexibility index (Phi) is 2.57. The molecule has 0 unspecified atom stereocenters. The molecule has 2 nitrogen and oxygen atoms in total. The molecule has 1 aromatic rings. The van der Waals surface area contributed by atoms with Gasteiger partial charge in [-0.05, 0) is 50.4 Å². The number of hydrogen-bond acceptors (Lipinski definition) is 2. The van der Waals surface area contributed by atoms with Gasteiger partial charge in [-0.25, -0.2) is 5.01 Å². The Labute approximate surface area is 92.3 Å². The molecule has 82 valence electrons. The largest absolute Gasteiger partial charge is 0.258 e. The van der Waals surface area contributed by atoms with Crippen LogP contribution in [0.2, 0.25) is 0 Å². The van der Waals surface area contributed by atoms with Gasteiger partial charge in [0.05, 0.1) is 5.54 Å². The van der Waals surface area contributed by atoms with Crippen LogP contribution in [0.25, 0.3) is 0 Å². The lowest BCUT2D eigenvalue weighted by Gasteiger charge is -2.28. The fourth-order valence-electron chi connectivity index (χ4n) is 2.18. The van der Waals surface area contributed by atoms with Crippen molar-refractivity contribution in [1.29, 1.82) is 0 Å². The van der Waals surface area contributed by atoms with Crippen molar-refractivity contribution >= 4 is 0 Å². The highest BCUT2D eigenvalue weighted by Crippen LogP contribution is 2.49. The van der Waals surface area contributed by atoms with Crippen molar-refractivity contribution in [3.8, 4) is 0 Å². The third kappa shape index (κ3) is 1.68. The van der Waals surface area contributed by atoms with Crippen LogP contribution in [0.4, 0.5) is 0 Å². The van der Waals surface area contributed by atoms with Gasteiger partial charge in [0.25, 0.3) is 0 Å². The molecule has 0 atom stereocenters. The van der Waals surface area contributed by atoms with E-state index in [0.717, 1.165) is 0 Å². The van der Waals surface area contributed by atoms with E-state index in [2.05, 4.69) is 49.5 Å². The summed E-state index contributed by atoms with van der Waals surface area (Å²) >= 11 is 0. The van der Waals surface area contributed by atoms with Crippen LogP contribution >= 0.6 is 0 Å². The monoisotopic (exact) mass is 204 g/mol. The molecule has 1 aromatic carbocycles. The van der Waals surface area contributed by atoms with Gasteiger partial charge in [-0.3, -0.25) is 5.43 Å². The van der Waals surface area contributed by atoms with E-state index in [0.29, 0.717) is 0 Å². The maximum absolute atomic E-state index is 3.23. The molecule has 1 aliphatic carbocycles. The van der Waals surface area contributed by atoms with E-state index in [4.69, 9.17) is 0 Å². The molecule has 0 amide bonds. The van der Waals surface area contributed by atoms with Crippen LogP contribution in [-0.2, 0) is 5.54 Å². The fraction of sp³-hybridized carbons (Fsp3) is 0.538. The van der Waals surface area contributed by atoms with E-state index in [-0.39, 0.29) is 5.54 Å². The third-order valence-electron chi connectivity index (χ3n) is 3.75. The zero-order valence-corrected chi connectivity index (χ0v) is 10.1. The lowest BCUT2D eigenvalue weighted by Crippen LogP contribution is -2.40. The van der Waals surface area contributed by atoms with Crippen LogP contribution in [0.3, 0.4) is 0 Å². The number of nitrogens with one attached hydrogen (secondary N) is 1. The summed E-state index contributed by atoms with van der Waals surface area (Å²) in [5, 5.41) is 2.23. The number of hydrazine groups is 1. The molecule has 0 saturated heterocycles. The average molecular weight is 204 g/mol. The molecule has 1 N–H and O–H groups in total. The van der Waals surface area contributed by atoms with Crippen molar-refractivity contribution in [3.63, 3.8) is 0 Å². The summed E-state index contributed by atoms with van der Waals surface area (Å²) in [6.07, 6.45) is 2.51. The summed E-state index contributed by atoms with van der Waals surface area (Å²) in [6.45, 7) is 4.36. The number of hydrogen-bond donors (Lipinski definition) is 1. The standard InChI is InChI=1S/C13H20N2/c1-10-5-6-12(9-11(10)2)13(7-8-13)15(4)14-3/h5-6,9,14H,7-8H2,1-4H3.